The number of unbranched alkanes of at least 4 members (excludes halogenated alkanes) is 8. The van der Waals surface area contributed by atoms with Crippen LogP contribution in [0.2, 0.25) is 0 Å². The summed E-state index contributed by atoms with van der Waals surface area (Å²) in [5.74, 6) is -0.148. The molecule has 40 heavy (non-hydrogen) atoms. The first-order valence-electron chi connectivity index (χ1n) is 16.0. The lowest BCUT2D eigenvalue weighted by molar-refractivity contribution is 0.0981. The molecule has 0 bridgehead atoms. The maximum Gasteiger partial charge on any atom is 0.198 e. The summed E-state index contributed by atoms with van der Waals surface area (Å²) >= 11 is 0. The van der Waals surface area contributed by atoms with Gasteiger partial charge in [0.05, 0.1) is 22.3 Å². The minimum absolute atomic E-state index is 0.0741. The Balaban J connectivity index is 2.07. The van der Waals surface area contributed by atoms with Gasteiger partial charge in [0, 0.05) is 48.9 Å². The van der Waals surface area contributed by atoms with E-state index in [-0.39, 0.29) is 11.6 Å². The van der Waals surface area contributed by atoms with Gasteiger partial charge in [-0.05, 0) is 49.9 Å². The van der Waals surface area contributed by atoms with Crippen LogP contribution in [0.1, 0.15) is 137 Å². The molecular weight excluding hydrogens is 496 g/mol. The Hall–Kier alpha value is -3.02. The van der Waals surface area contributed by atoms with Crippen LogP contribution < -0.4 is 21.3 Å². The van der Waals surface area contributed by atoms with Crippen molar-refractivity contribution < 1.29 is 9.59 Å². The summed E-state index contributed by atoms with van der Waals surface area (Å²) in [5.41, 5.74) is 5.06. The highest BCUT2D eigenvalue weighted by atomic mass is 16.1. The average Bonchev–Trinajstić information content (AvgIpc) is 2.97. The summed E-state index contributed by atoms with van der Waals surface area (Å²) in [6.07, 6.45) is 13.1. The summed E-state index contributed by atoms with van der Waals surface area (Å²) in [6, 6.07) is 7.91. The Labute approximate surface area is 242 Å². The van der Waals surface area contributed by atoms with Crippen LogP contribution in [0.5, 0.6) is 0 Å². The number of fused-ring (bicyclic) bond motifs is 2. The Bertz CT molecular complexity index is 942. The quantitative estimate of drug-likeness (QED) is 0.106. The van der Waals surface area contributed by atoms with E-state index in [1.807, 2.05) is 24.3 Å². The fraction of sp³-hybridized carbons (Fsp3) is 0.588. The number of hydrogen-bond donors (Lipinski definition) is 4. The first-order chi connectivity index (χ1) is 19.6. The Kier molecular flexibility index (Phi) is 13.3. The molecule has 0 aliphatic heterocycles. The van der Waals surface area contributed by atoms with Crippen molar-refractivity contribution in [2.45, 2.75) is 105 Å². The molecule has 0 saturated heterocycles. The van der Waals surface area contributed by atoms with E-state index in [0.717, 1.165) is 126 Å². The molecule has 6 nitrogen and oxygen atoms in total. The minimum atomic E-state index is -0.0741. The molecule has 2 aromatic rings. The van der Waals surface area contributed by atoms with Gasteiger partial charge in [-0.1, -0.05) is 79.1 Å². The van der Waals surface area contributed by atoms with Crippen LogP contribution in [-0.2, 0) is 0 Å². The molecule has 2 aromatic carbocycles. The lowest BCUT2D eigenvalue weighted by atomic mass is 9.80. The summed E-state index contributed by atoms with van der Waals surface area (Å²) < 4.78 is 0. The van der Waals surface area contributed by atoms with Crippen molar-refractivity contribution in [2.75, 3.05) is 47.4 Å². The zero-order valence-electron chi connectivity index (χ0n) is 25.4. The van der Waals surface area contributed by atoms with Crippen molar-refractivity contribution in [3.8, 4) is 0 Å². The van der Waals surface area contributed by atoms with Gasteiger partial charge in [0.25, 0.3) is 0 Å². The predicted molar refractivity (Wildman–Crippen MR) is 172 cm³/mol. The van der Waals surface area contributed by atoms with Crippen molar-refractivity contribution in [1.82, 2.24) is 0 Å². The number of ketones is 2. The fourth-order valence-electron chi connectivity index (χ4n) is 5.38. The van der Waals surface area contributed by atoms with Crippen LogP contribution in [-0.4, -0.2) is 37.7 Å². The molecule has 4 N–H and O–H groups in total. The zero-order valence-corrected chi connectivity index (χ0v) is 25.4. The number of hydrogen-bond acceptors (Lipinski definition) is 6. The molecule has 3 rings (SSSR count). The number of carbonyl (C=O) groups excluding carboxylic acids is 2. The third kappa shape index (κ3) is 8.02. The van der Waals surface area contributed by atoms with Gasteiger partial charge in [0.15, 0.2) is 11.6 Å². The van der Waals surface area contributed by atoms with Gasteiger partial charge in [-0.2, -0.15) is 0 Å². The third-order valence-electron chi connectivity index (χ3n) is 7.70. The topological polar surface area (TPSA) is 82.3 Å². The van der Waals surface area contributed by atoms with Gasteiger partial charge in [0.2, 0.25) is 0 Å². The van der Waals surface area contributed by atoms with Gasteiger partial charge in [-0.15, -0.1) is 0 Å². The SMILES string of the molecule is CCCCCNc1ccc(NCCCCC)c2c1C(=O)c1c(NCCCCC)ccc(NCCCCC)c1C2=O. The molecule has 0 radical (unpaired) electrons. The van der Waals surface area contributed by atoms with Gasteiger partial charge < -0.3 is 21.3 Å². The minimum Gasteiger partial charge on any atom is -0.384 e. The number of carbonyl (C=O) groups is 2. The van der Waals surface area contributed by atoms with Crippen LogP contribution in [0.3, 0.4) is 0 Å². The van der Waals surface area contributed by atoms with Crippen LogP contribution in [0.4, 0.5) is 22.7 Å². The van der Waals surface area contributed by atoms with Crippen molar-refractivity contribution in [2.24, 2.45) is 0 Å². The maximum absolute atomic E-state index is 14.4. The standard InChI is InChI=1S/C34H52N4O2/c1-5-9-13-21-35-25-17-18-26(36-22-14-10-6-2)30-29(25)33(39)31-27(37-23-15-11-7-3)19-20-28(32(31)34(30)40)38-24-16-12-8-4/h17-20,35-38H,5-16,21-24H2,1-4H3. The molecular formula is C34H52N4O2. The second-order valence-corrected chi connectivity index (χ2v) is 11.0. The molecule has 0 heterocycles. The lowest BCUT2D eigenvalue weighted by Gasteiger charge is -2.27. The van der Waals surface area contributed by atoms with E-state index in [1.165, 1.54) is 0 Å². The zero-order chi connectivity index (χ0) is 28.7. The summed E-state index contributed by atoms with van der Waals surface area (Å²) in [5, 5.41) is 14.0. The van der Waals surface area contributed by atoms with Crippen LogP contribution in [0, 0.1) is 0 Å². The highest BCUT2D eigenvalue weighted by Gasteiger charge is 2.37. The molecule has 220 valence electrons. The summed E-state index contributed by atoms with van der Waals surface area (Å²) in [6.45, 7) is 11.8. The van der Waals surface area contributed by atoms with Crippen molar-refractivity contribution in [3.05, 3.63) is 46.5 Å². The van der Waals surface area contributed by atoms with E-state index < -0.39 is 0 Å². The smallest absolute Gasteiger partial charge is 0.198 e. The highest BCUT2D eigenvalue weighted by Crippen LogP contribution is 2.42. The number of nitrogens with one attached hydrogen (secondary N) is 4. The van der Waals surface area contributed by atoms with E-state index in [4.69, 9.17) is 0 Å². The summed E-state index contributed by atoms with van der Waals surface area (Å²) in [7, 11) is 0. The first kappa shape index (κ1) is 31.5. The average molecular weight is 549 g/mol. The third-order valence-corrected chi connectivity index (χ3v) is 7.70. The largest absolute Gasteiger partial charge is 0.384 e. The molecule has 0 spiro atoms. The predicted octanol–water partition coefficient (Wildman–Crippen LogP) is 8.87. The van der Waals surface area contributed by atoms with Crippen molar-refractivity contribution in [3.63, 3.8) is 0 Å². The Morgan fingerprint density at radius 3 is 0.825 bits per heavy atom. The Morgan fingerprint density at radius 1 is 0.400 bits per heavy atom. The van der Waals surface area contributed by atoms with Gasteiger partial charge in [-0.3, -0.25) is 9.59 Å². The Morgan fingerprint density at radius 2 is 0.625 bits per heavy atom. The number of anilines is 4. The molecule has 0 unspecified atom stereocenters. The molecule has 0 fully saturated rings. The van der Waals surface area contributed by atoms with Gasteiger partial charge in [-0.25, -0.2) is 0 Å². The monoisotopic (exact) mass is 548 g/mol. The van der Waals surface area contributed by atoms with Crippen LogP contribution in [0.25, 0.3) is 0 Å². The van der Waals surface area contributed by atoms with Crippen molar-refractivity contribution >= 4 is 34.3 Å². The summed E-state index contributed by atoms with van der Waals surface area (Å²) in [4.78, 5) is 28.9. The highest BCUT2D eigenvalue weighted by molar-refractivity contribution is 6.35. The molecule has 0 aromatic heterocycles. The van der Waals surface area contributed by atoms with Gasteiger partial charge >= 0.3 is 0 Å². The van der Waals surface area contributed by atoms with E-state index in [1.54, 1.807) is 0 Å². The van der Waals surface area contributed by atoms with Crippen LogP contribution >= 0.6 is 0 Å². The van der Waals surface area contributed by atoms with Gasteiger partial charge in [0.1, 0.15) is 0 Å². The van der Waals surface area contributed by atoms with E-state index in [2.05, 4.69) is 49.0 Å². The number of benzene rings is 2. The second kappa shape index (κ2) is 16.9. The fourth-order valence-corrected chi connectivity index (χ4v) is 5.38. The number of rotatable bonds is 20. The molecule has 1 aliphatic rings. The molecule has 0 amide bonds. The van der Waals surface area contributed by atoms with Crippen molar-refractivity contribution in [1.29, 1.82) is 0 Å². The molecule has 1 aliphatic carbocycles. The second-order valence-electron chi connectivity index (χ2n) is 11.0. The molecule has 0 saturated carbocycles. The van der Waals surface area contributed by atoms with E-state index in [9.17, 15) is 9.59 Å². The lowest BCUT2D eigenvalue weighted by Crippen LogP contribution is -2.27. The first-order valence-corrected chi connectivity index (χ1v) is 16.0. The molecule has 6 heteroatoms. The normalized spacial score (nSPS) is 12.2. The molecule has 0 atom stereocenters. The van der Waals surface area contributed by atoms with Crippen LogP contribution in [0.15, 0.2) is 24.3 Å². The van der Waals surface area contributed by atoms with E-state index >= 15 is 0 Å². The van der Waals surface area contributed by atoms with E-state index in [0.29, 0.717) is 22.3 Å². The maximum atomic E-state index is 14.4.